The maximum Gasteiger partial charge on any atom is 0.237 e. The Labute approximate surface area is 98.2 Å². The van der Waals surface area contributed by atoms with Gasteiger partial charge in [-0.15, -0.1) is 0 Å². The first kappa shape index (κ1) is 14.9. The molecule has 0 bridgehead atoms. The molecule has 0 saturated carbocycles. The number of amides is 2. The van der Waals surface area contributed by atoms with Gasteiger partial charge in [-0.1, -0.05) is 13.8 Å². The van der Waals surface area contributed by atoms with Crippen LogP contribution in [0.15, 0.2) is 0 Å². The third kappa shape index (κ3) is 6.43. The van der Waals surface area contributed by atoms with E-state index in [-0.39, 0.29) is 23.3 Å². The third-order valence-electron chi connectivity index (χ3n) is 1.84. The minimum Gasteiger partial charge on any atom is -0.355 e. The van der Waals surface area contributed by atoms with E-state index < -0.39 is 0 Å². The number of nitrogens with one attached hydrogen (secondary N) is 2. The summed E-state index contributed by atoms with van der Waals surface area (Å²) < 4.78 is 0. The van der Waals surface area contributed by atoms with Crippen molar-refractivity contribution < 1.29 is 9.59 Å². The molecule has 1 radical (unpaired) electrons. The second-order valence-electron chi connectivity index (χ2n) is 5.43. The highest BCUT2D eigenvalue weighted by molar-refractivity contribution is 6.13. The third-order valence-corrected chi connectivity index (χ3v) is 1.84. The average molecular weight is 227 g/mol. The van der Waals surface area contributed by atoms with E-state index in [0.29, 0.717) is 12.5 Å². The highest BCUT2D eigenvalue weighted by Crippen LogP contribution is 2.05. The van der Waals surface area contributed by atoms with Crippen molar-refractivity contribution in [1.29, 1.82) is 0 Å². The molecular weight excluding hydrogens is 204 g/mol. The summed E-state index contributed by atoms with van der Waals surface area (Å²) in [6.45, 7) is 11.8. The van der Waals surface area contributed by atoms with Crippen LogP contribution < -0.4 is 10.6 Å². The van der Waals surface area contributed by atoms with Gasteiger partial charge in [-0.3, -0.25) is 9.59 Å². The van der Waals surface area contributed by atoms with Gasteiger partial charge in [0.2, 0.25) is 11.8 Å². The molecule has 0 aliphatic heterocycles. The van der Waals surface area contributed by atoms with Crippen LogP contribution in [0.25, 0.3) is 0 Å². The summed E-state index contributed by atoms with van der Waals surface area (Å²) in [5.74, 6) is -0.0257. The maximum absolute atomic E-state index is 11.6. The summed E-state index contributed by atoms with van der Waals surface area (Å²) in [5, 5.41) is 5.46. The Morgan fingerprint density at radius 1 is 1.12 bits per heavy atom. The zero-order valence-electron chi connectivity index (χ0n) is 11.1. The number of carbonyl (C=O) groups is 2. The van der Waals surface area contributed by atoms with Crippen LogP contribution in [0.2, 0.25) is 0 Å². The van der Waals surface area contributed by atoms with Gasteiger partial charge in [-0.05, 0) is 33.6 Å². The minimum atomic E-state index is -0.323. The molecule has 0 aliphatic carbocycles. The van der Waals surface area contributed by atoms with Gasteiger partial charge in [0.25, 0.3) is 0 Å². The molecule has 0 aliphatic rings. The lowest BCUT2D eigenvalue weighted by Crippen LogP contribution is -2.46. The second-order valence-corrected chi connectivity index (χ2v) is 5.43. The van der Waals surface area contributed by atoms with Crippen molar-refractivity contribution in [3.63, 3.8) is 0 Å². The molecule has 0 atom stereocenters. The van der Waals surface area contributed by atoms with Crippen LogP contribution in [0.3, 0.4) is 0 Å². The van der Waals surface area contributed by atoms with Crippen molar-refractivity contribution in [2.24, 2.45) is 5.92 Å². The second kappa shape index (κ2) is 5.87. The van der Waals surface area contributed by atoms with Crippen molar-refractivity contribution in [2.45, 2.75) is 47.1 Å². The lowest BCUT2D eigenvalue weighted by Gasteiger charge is -2.22. The van der Waals surface area contributed by atoms with Gasteiger partial charge in [0.05, 0.1) is 0 Å². The Kier molecular flexibility index (Phi) is 5.48. The van der Waals surface area contributed by atoms with Crippen molar-refractivity contribution in [3.8, 4) is 0 Å². The summed E-state index contributed by atoms with van der Waals surface area (Å²) in [4.78, 5) is 23.2. The van der Waals surface area contributed by atoms with Gasteiger partial charge in [0, 0.05) is 12.1 Å². The molecule has 0 aromatic heterocycles. The van der Waals surface area contributed by atoms with Crippen LogP contribution in [0, 0.1) is 11.8 Å². The molecule has 0 rings (SSSR count). The van der Waals surface area contributed by atoms with Gasteiger partial charge in [0.15, 0.2) is 0 Å². The van der Waals surface area contributed by atoms with Gasteiger partial charge in [-0.25, -0.2) is 0 Å². The van der Waals surface area contributed by atoms with E-state index in [9.17, 15) is 9.59 Å². The van der Waals surface area contributed by atoms with E-state index in [1.807, 2.05) is 34.6 Å². The van der Waals surface area contributed by atoms with Crippen molar-refractivity contribution in [2.75, 3.05) is 6.54 Å². The quantitative estimate of drug-likeness (QED) is 0.711. The molecule has 0 heterocycles. The summed E-state index contributed by atoms with van der Waals surface area (Å²) in [5.41, 5.74) is -0.323. The predicted molar refractivity (Wildman–Crippen MR) is 64.7 cm³/mol. The molecule has 0 saturated heterocycles. The Hall–Kier alpha value is -1.06. The topological polar surface area (TPSA) is 58.2 Å². The highest BCUT2D eigenvalue weighted by Gasteiger charge is 2.25. The predicted octanol–water partition coefficient (Wildman–Crippen LogP) is 1.27. The molecule has 4 heteroatoms. The van der Waals surface area contributed by atoms with Crippen LogP contribution in [-0.2, 0) is 9.59 Å². The van der Waals surface area contributed by atoms with Crippen LogP contribution in [0.1, 0.15) is 41.5 Å². The molecule has 2 N–H and O–H groups in total. The monoisotopic (exact) mass is 227 g/mol. The zero-order chi connectivity index (χ0) is 12.9. The fourth-order valence-electron chi connectivity index (χ4n) is 0.967. The first-order chi connectivity index (χ1) is 7.13. The van der Waals surface area contributed by atoms with Crippen molar-refractivity contribution >= 4 is 11.8 Å². The van der Waals surface area contributed by atoms with E-state index in [2.05, 4.69) is 10.6 Å². The Morgan fingerprint density at radius 2 is 1.62 bits per heavy atom. The normalized spacial score (nSPS) is 11.8. The molecule has 0 unspecified atom stereocenters. The molecule has 4 nitrogen and oxygen atoms in total. The fraction of sp³-hybridized carbons (Fsp3) is 0.750. The Balaban J connectivity index is 4.17. The first-order valence-corrected chi connectivity index (χ1v) is 5.57. The summed E-state index contributed by atoms with van der Waals surface area (Å²) in [6.07, 6.45) is 0. The molecule has 0 fully saturated rings. The Morgan fingerprint density at radius 3 is 2.00 bits per heavy atom. The molecule has 0 aromatic carbocycles. The van der Waals surface area contributed by atoms with E-state index in [0.717, 1.165) is 0 Å². The summed E-state index contributed by atoms with van der Waals surface area (Å²) in [6, 6.07) is 0. The number of carbonyl (C=O) groups excluding carboxylic acids is 2. The molecule has 0 spiro atoms. The maximum atomic E-state index is 11.6. The standard InChI is InChI=1S/C12H23N2O2/c1-8(2)7-13-10(15)9(3)11(16)14-12(4,5)6/h8H,7H2,1-6H3,(H,13,15)(H,14,16). The SMILES string of the molecule is C[C](C(=O)NCC(C)C)C(=O)NC(C)(C)C. The average Bonchev–Trinajstić information content (AvgIpc) is 2.10. The van der Waals surface area contributed by atoms with E-state index >= 15 is 0 Å². The van der Waals surface area contributed by atoms with Crippen LogP contribution in [0.5, 0.6) is 0 Å². The smallest absolute Gasteiger partial charge is 0.237 e. The number of rotatable bonds is 4. The van der Waals surface area contributed by atoms with E-state index in [4.69, 9.17) is 0 Å². The lowest BCUT2D eigenvalue weighted by molar-refractivity contribution is -0.127. The van der Waals surface area contributed by atoms with E-state index in [1.165, 1.54) is 6.92 Å². The fourth-order valence-corrected chi connectivity index (χ4v) is 0.967. The molecule has 16 heavy (non-hydrogen) atoms. The van der Waals surface area contributed by atoms with Gasteiger partial charge < -0.3 is 10.6 Å². The van der Waals surface area contributed by atoms with Crippen molar-refractivity contribution in [3.05, 3.63) is 5.92 Å². The molecule has 2 amide bonds. The minimum absolute atomic E-state index is 0.204. The van der Waals surface area contributed by atoms with Gasteiger partial charge in [0.1, 0.15) is 5.92 Å². The summed E-state index contributed by atoms with van der Waals surface area (Å²) in [7, 11) is 0. The van der Waals surface area contributed by atoms with Crippen LogP contribution in [0.4, 0.5) is 0 Å². The number of hydrogen-bond acceptors (Lipinski definition) is 2. The van der Waals surface area contributed by atoms with Crippen LogP contribution in [-0.4, -0.2) is 23.9 Å². The van der Waals surface area contributed by atoms with E-state index in [1.54, 1.807) is 0 Å². The lowest BCUT2D eigenvalue weighted by atomic mass is 10.1. The first-order valence-electron chi connectivity index (χ1n) is 5.57. The van der Waals surface area contributed by atoms with Crippen LogP contribution >= 0.6 is 0 Å². The Bertz CT molecular complexity index is 254. The van der Waals surface area contributed by atoms with Gasteiger partial charge >= 0.3 is 0 Å². The van der Waals surface area contributed by atoms with Crippen molar-refractivity contribution in [1.82, 2.24) is 10.6 Å². The van der Waals surface area contributed by atoms with Gasteiger partial charge in [-0.2, -0.15) is 0 Å². The molecule has 93 valence electrons. The largest absolute Gasteiger partial charge is 0.355 e. The highest BCUT2D eigenvalue weighted by atomic mass is 16.2. The zero-order valence-corrected chi connectivity index (χ0v) is 11.1. The number of hydrogen-bond donors (Lipinski definition) is 2. The molecule has 0 aromatic rings. The molecular formula is C12H23N2O2. The summed E-state index contributed by atoms with van der Waals surface area (Å²) >= 11 is 0.